The molecule has 1 aromatic rings. The maximum Gasteiger partial charge on any atom is 0.271 e. The molecule has 108 valence electrons. The minimum atomic E-state index is -0.478. The van der Waals surface area contributed by atoms with Gasteiger partial charge in [0.2, 0.25) is 5.91 Å². The highest BCUT2D eigenvalue weighted by Gasteiger charge is 2.25. The van der Waals surface area contributed by atoms with E-state index in [4.69, 9.17) is 17.3 Å². The highest BCUT2D eigenvalue weighted by Crippen LogP contribution is 2.31. The summed E-state index contributed by atoms with van der Waals surface area (Å²) in [7, 11) is 0. The quantitative estimate of drug-likeness (QED) is 0.659. The number of benzene rings is 1. The van der Waals surface area contributed by atoms with Crippen molar-refractivity contribution in [1.29, 1.82) is 0 Å². The molecule has 6 nitrogen and oxygen atoms in total. The molecule has 7 heteroatoms. The molecule has 0 bridgehead atoms. The lowest BCUT2D eigenvalue weighted by molar-refractivity contribution is -0.384. The fourth-order valence-corrected chi connectivity index (χ4v) is 2.71. The highest BCUT2D eigenvalue weighted by molar-refractivity contribution is 6.33. The van der Waals surface area contributed by atoms with Crippen LogP contribution in [0.25, 0.3) is 0 Å². The number of carbonyl (C=O) groups excluding carboxylic acids is 1. The van der Waals surface area contributed by atoms with Gasteiger partial charge in [0.15, 0.2) is 0 Å². The van der Waals surface area contributed by atoms with Crippen molar-refractivity contribution in [2.24, 2.45) is 11.7 Å². The van der Waals surface area contributed by atoms with Crippen molar-refractivity contribution < 1.29 is 9.72 Å². The molecule has 0 aromatic heterocycles. The zero-order chi connectivity index (χ0) is 14.7. The van der Waals surface area contributed by atoms with E-state index in [0.717, 1.165) is 25.7 Å². The van der Waals surface area contributed by atoms with E-state index in [1.807, 2.05) is 0 Å². The van der Waals surface area contributed by atoms with E-state index in [0.29, 0.717) is 10.7 Å². The third-order valence-electron chi connectivity index (χ3n) is 3.65. The smallest absolute Gasteiger partial charge is 0.271 e. The monoisotopic (exact) mass is 297 g/mol. The summed E-state index contributed by atoms with van der Waals surface area (Å²) in [6.45, 7) is 0. The highest BCUT2D eigenvalue weighted by atomic mass is 35.5. The molecule has 1 aliphatic carbocycles. The van der Waals surface area contributed by atoms with Crippen LogP contribution in [0.15, 0.2) is 18.2 Å². The Kier molecular flexibility index (Phi) is 4.44. The Labute approximate surface area is 121 Å². The van der Waals surface area contributed by atoms with Crippen LogP contribution in [-0.2, 0) is 4.79 Å². The van der Waals surface area contributed by atoms with Gasteiger partial charge in [-0.1, -0.05) is 11.6 Å². The number of amides is 1. The van der Waals surface area contributed by atoms with Crippen LogP contribution in [-0.4, -0.2) is 16.9 Å². The lowest BCUT2D eigenvalue weighted by Gasteiger charge is -2.28. The molecule has 0 radical (unpaired) electrons. The third-order valence-corrected chi connectivity index (χ3v) is 3.97. The van der Waals surface area contributed by atoms with Crippen molar-refractivity contribution in [2.45, 2.75) is 31.7 Å². The van der Waals surface area contributed by atoms with Crippen LogP contribution in [0, 0.1) is 16.0 Å². The molecule has 1 saturated carbocycles. The molecule has 1 fully saturated rings. The number of anilines is 1. The van der Waals surface area contributed by atoms with Gasteiger partial charge >= 0.3 is 0 Å². The topological polar surface area (TPSA) is 98.3 Å². The summed E-state index contributed by atoms with van der Waals surface area (Å²) in [5.74, 6) is -0.280. The summed E-state index contributed by atoms with van der Waals surface area (Å²) in [5.41, 5.74) is 5.94. The Morgan fingerprint density at radius 2 is 2.00 bits per heavy atom. The molecular weight excluding hydrogens is 282 g/mol. The Morgan fingerprint density at radius 3 is 2.50 bits per heavy atom. The molecule has 1 aromatic carbocycles. The number of carbonyl (C=O) groups is 1. The second kappa shape index (κ2) is 6.09. The molecule has 1 aliphatic rings. The molecule has 0 saturated heterocycles. The molecule has 2 rings (SSSR count). The molecule has 0 atom stereocenters. The van der Waals surface area contributed by atoms with E-state index in [-0.39, 0.29) is 23.6 Å². The fourth-order valence-electron chi connectivity index (χ4n) is 2.48. The van der Waals surface area contributed by atoms with Crippen LogP contribution in [0.4, 0.5) is 11.4 Å². The number of hydrogen-bond donors (Lipinski definition) is 2. The minimum Gasteiger partial charge on any atom is -0.381 e. The average molecular weight is 298 g/mol. The number of nitrogens with one attached hydrogen (secondary N) is 1. The number of rotatable bonds is 4. The molecule has 3 N–H and O–H groups in total. The van der Waals surface area contributed by atoms with Gasteiger partial charge in [0.1, 0.15) is 0 Å². The Bertz CT molecular complexity index is 528. The minimum absolute atomic E-state index is 0.0296. The van der Waals surface area contributed by atoms with Gasteiger partial charge in [0.05, 0.1) is 15.6 Å². The molecular formula is C13H16ClN3O3. The Hall–Kier alpha value is -1.82. The second-order valence-electron chi connectivity index (χ2n) is 5.02. The van der Waals surface area contributed by atoms with Crippen molar-refractivity contribution in [1.82, 2.24) is 0 Å². The first-order chi connectivity index (χ1) is 9.47. The van der Waals surface area contributed by atoms with Gasteiger partial charge in [-0.25, -0.2) is 0 Å². The van der Waals surface area contributed by atoms with Crippen LogP contribution >= 0.6 is 11.6 Å². The normalized spacial score (nSPS) is 22.2. The number of primary amides is 1. The van der Waals surface area contributed by atoms with E-state index >= 15 is 0 Å². The van der Waals surface area contributed by atoms with Gasteiger partial charge in [-0.2, -0.15) is 0 Å². The maximum absolute atomic E-state index is 11.1. The number of nitrogens with zero attached hydrogens (tertiary/aromatic N) is 1. The van der Waals surface area contributed by atoms with E-state index in [2.05, 4.69) is 5.32 Å². The molecule has 0 aliphatic heterocycles. The molecule has 20 heavy (non-hydrogen) atoms. The SMILES string of the molecule is NC(=O)C1CCC(Nc2ccc([N+](=O)[O-])cc2Cl)CC1. The maximum atomic E-state index is 11.1. The number of nitrogens with two attached hydrogens (primary N) is 1. The summed E-state index contributed by atoms with van der Waals surface area (Å²) >= 11 is 6.03. The van der Waals surface area contributed by atoms with Crippen molar-refractivity contribution in [3.05, 3.63) is 33.3 Å². The molecule has 0 unspecified atom stereocenters. The zero-order valence-electron chi connectivity index (χ0n) is 10.8. The van der Waals surface area contributed by atoms with E-state index in [9.17, 15) is 14.9 Å². The predicted octanol–water partition coefficient (Wildman–Crippen LogP) is 2.70. The number of non-ortho nitro benzene ring substituents is 1. The van der Waals surface area contributed by atoms with Crippen LogP contribution < -0.4 is 11.1 Å². The molecule has 0 spiro atoms. The van der Waals surface area contributed by atoms with Gasteiger partial charge in [-0.05, 0) is 31.7 Å². The first kappa shape index (κ1) is 14.6. The fraction of sp³-hybridized carbons (Fsp3) is 0.462. The predicted molar refractivity (Wildman–Crippen MR) is 76.7 cm³/mol. The summed E-state index contributed by atoms with van der Waals surface area (Å²) in [6.07, 6.45) is 3.19. The Balaban J connectivity index is 1.98. The summed E-state index contributed by atoms with van der Waals surface area (Å²) in [5, 5.41) is 14.2. The number of hydrogen-bond acceptors (Lipinski definition) is 4. The van der Waals surface area contributed by atoms with Crippen molar-refractivity contribution in [2.75, 3.05) is 5.32 Å². The first-order valence-corrected chi connectivity index (χ1v) is 6.85. The van der Waals surface area contributed by atoms with E-state index < -0.39 is 4.92 Å². The van der Waals surface area contributed by atoms with Gasteiger partial charge < -0.3 is 11.1 Å². The van der Waals surface area contributed by atoms with Crippen molar-refractivity contribution >= 4 is 28.9 Å². The number of nitro benzene ring substituents is 1. The van der Waals surface area contributed by atoms with Crippen molar-refractivity contribution in [3.8, 4) is 0 Å². The van der Waals surface area contributed by atoms with Crippen LogP contribution in [0.1, 0.15) is 25.7 Å². The van der Waals surface area contributed by atoms with Crippen LogP contribution in [0.3, 0.4) is 0 Å². The first-order valence-electron chi connectivity index (χ1n) is 6.47. The summed E-state index contributed by atoms with van der Waals surface area (Å²) in [4.78, 5) is 21.3. The number of halogens is 1. The van der Waals surface area contributed by atoms with Gasteiger partial charge in [0.25, 0.3) is 5.69 Å². The van der Waals surface area contributed by atoms with E-state index in [1.165, 1.54) is 12.1 Å². The lowest BCUT2D eigenvalue weighted by atomic mass is 9.85. The lowest BCUT2D eigenvalue weighted by Crippen LogP contribution is -2.32. The van der Waals surface area contributed by atoms with E-state index in [1.54, 1.807) is 6.07 Å². The van der Waals surface area contributed by atoms with Crippen molar-refractivity contribution in [3.63, 3.8) is 0 Å². The molecule has 1 amide bonds. The molecule has 0 heterocycles. The van der Waals surface area contributed by atoms with Gasteiger partial charge in [-0.15, -0.1) is 0 Å². The van der Waals surface area contributed by atoms with Crippen LogP contribution in [0.5, 0.6) is 0 Å². The second-order valence-corrected chi connectivity index (χ2v) is 5.42. The zero-order valence-corrected chi connectivity index (χ0v) is 11.6. The largest absolute Gasteiger partial charge is 0.381 e. The van der Waals surface area contributed by atoms with Gasteiger partial charge in [-0.3, -0.25) is 14.9 Å². The Morgan fingerprint density at radius 1 is 1.35 bits per heavy atom. The third kappa shape index (κ3) is 3.39. The standard InChI is InChI=1S/C13H16ClN3O3/c14-11-7-10(17(19)20)5-6-12(11)16-9-3-1-8(2-4-9)13(15)18/h5-9,16H,1-4H2,(H2,15,18). The number of nitro groups is 1. The summed E-state index contributed by atoms with van der Waals surface area (Å²) in [6, 6.07) is 4.58. The van der Waals surface area contributed by atoms with Gasteiger partial charge in [0, 0.05) is 24.1 Å². The van der Waals surface area contributed by atoms with Crippen LogP contribution in [0.2, 0.25) is 5.02 Å². The summed E-state index contributed by atoms with van der Waals surface area (Å²) < 4.78 is 0. The average Bonchev–Trinajstić information content (AvgIpc) is 2.41.